The van der Waals surface area contributed by atoms with Crippen LogP contribution in [0.15, 0.2) is 48.8 Å². The van der Waals surface area contributed by atoms with Crippen LogP contribution in [0.4, 0.5) is 5.82 Å². The number of pyridine rings is 1. The first kappa shape index (κ1) is 18.4. The molecule has 0 fully saturated rings. The van der Waals surface area contributed by atoms with Gasteiger partial charge in [-0.3, -0.25) is 9.59 Å². The molecule has 4 aromatic rings. The van der Waals surface area contributed by atoms with Crippen LogP contribution in [0.5, 0.6) is 0 Å². The first-order valence-corrected chi connectivity index (χ1v) is 8.90. The maximum atomic E-state index is 12.5. The molecule has 1 aromatic carbocycles. The summed E-state index contributed by atoms with van der Waals surface area (Å²) < 4.78 is 1.39. The van der Waals surface area contributed by atoms with Gasteiger partial charge < -0.3 is 15.2 Å². The van der Waals surface area contributed by atoms with Crippen LogP contribution in [0.3, 0.4) is 0 Å². The number of nitrogens with zero attached hydrogens (tertiary/aromatic N) is 5. The molecule has 0 atom stereocenters. The summed E-state index contributed by atoms with van der Waals surface area (Å²) in [7, 11) is 5.08. The molecule has 9 heteroatoms. The molecule has 2 amide bonds. The molecule has 0 aliphatic heterocycles. The van der Waals surface area contributed by atoms with E-state index in [9.17, 15) is 9.59 Å². The van der Waals surface area contributed by atoms with Crippen LogP contribution in [-0.2, 0) is 7.05 Å². The second-order valence-corrected chi connectivity index (χ2v) is 6.72. The van der Waals surface area contributed by atoms with E-state index >= 15 is 0 Å². The summed E-state index contributed by atoms with van der Waals surface area (Å²) in [5, 5.41) is 7.47. The summed E-state index contributed by atoms with van der Waals surface area (Å²) in [6.45, 7) is 0. The Balaban J connectivity index is 1.67. The molecule has 4 rings (SSSR count). The number of aromatic amines is 1. The van der Waals surface area contributed by atoms with Crippen molar-refractivity contribution in [2.75, 3.05) is 19.4 Å². The largest absolute Gasteiger partial charge is 0.345 e. The third-order valence-electron chi connectivity index (χ3n) is 4.49. The topological polar surface area (TPSA) is 109 Å². The van der Waals surface area contributed by atoms with Gasteiger partial charge in [0.1, 0.15) is 17.8 Å². The van der Waals surface area contributed by atoms with E-state index in [4.69, 9.17) is 0 Å². The quantitative estimate of drug-likeness (QED) is 0.557. The van der Waals surface area contributed by atoms with Crippen molar-refractivity contribution in [1.29, 1.82) is 0 Å². The van der Waals surface area contributed by atoms with Crippen molar-refractivity contribution in [1.82, 2.24) is 29.6 Å². The van der Waals surface area contributed by atoms with E-state index in [1.165, 1.54) is 11.0 Å². The number of anilines is 1. The highest BCUT2D eigenvalue weighted by Crippen LogP contribution is 2.27. The van der Waals surface area contributed by atoms with Gasteiger partial charge in [-0.25, -0.2) is 14.6 Å². The molecule has 0 spiro atoms. The SMILES string of the molecule is CN(C)C(=O)c1ccccc1-c1cc2ccc(NC(=O)c3ncnn3C)nc2[nH]1. The van der Waals surface area contributed by atoms with Gasteiger partial charge in [0.05, 0.1) is 0 Å². The van der Waals surface area contributed by atoms with E-state index in [-0.39, 0.29) is 11.7 Å². The van der Waals surface area contributed by atoms with E-state index in [0.717, 1.165) is 16.6 Å². The zero-order valence-electron chi connectivity index (χ0n) is 16.2. The lowest BCUT2D eigenvalue weighted by Crippen LogP contribution is -2.22. The maximum absolute atomic E-state index is 12.5. The molecule has 0 saturated carbocycles. The number of fused-ring (bicyclic) bond motifs is 1. The number of carbonyl (C=O) groups is 2. The number of benzene rings is 1. The average molecular weight is 389 g/mol. The Morgan fingerprint density at radius 3 is 2.66 bits per heavy atom. The summed E-state index contributed by atoms with van der Waals surface area (Å²) in [5.41, 5.74) is 2.76. The zero-order chi connectivity index (χ0) is 20.5. The number of rotatable bonds is 4. The Morgan fingerprint density at radius 2 is 1.93 bits per heavy atom. The fourth-order valence-electron chi connectivity index (χ4n) is 3.04. The molecule has 9 nitrogen and oxygen atoms in total. The second kappa shape index (κ2) is 7.19. The predicted octanol–water partition coefficient (Wildman–Crippen LogP) is 2.31. The first-order chi connectivity index (χ1) is 13.9. The number of H-pyrrole nitrogens is 1. The fourth-order valence-corrected chi connectivity index (χ4v) is 3.04. The Hall–Kier alpha value is -4.01. The molecule has 29 heavy (non-hydrogen) atoms. The molecule has 0 bridgehead atoms. The van der Waals surface area contributed by atoms with Crippen LogP contribution < -0.4 is 5.32 Å². The molecular weight excluding hydrogens is 370 g/mol. The van der Waals surface area contributed by atoms with E-state index in [2.05, 4.69) is 25.4 Å². The fraction of sp³-hybridized carbons (Fsp3) is 0.150. The molecule has 3 heterocycles. The molecule has 3 aromatic heterocycles. The molecule has 0 aliphatic rings. The molecule has 2 N–H and O–H groups in total. The van der Waals surface area contributed by atoms with E-state index in [0.29, 0.717) is 17.0 Å². The number of aromatic nitrogens is 5. The lowest BCUT2D eigenvalue weighted by molar-refractivity contribution is 0.0828. The minimum atomic E-state index is -0.398. The van der Waals surface area contributed by atoms with E-state index in [1.54, 1.807) is 38.2 Å². The van der Waals surface area contributed by atoms with Crippen molar-refractivity contribution in [3.05, 3.63) is 60.2 Å². The minimum absolute atomic E-state index is 0.0798. The summed E-state index contributed by atoms with van der Waals surface area (Å²) >= 11 is 0. The van der Waals surface area contributed by atoms with Gasteiger partial charge in [-0.05, 0) is 24.3 Å². The van der Waals surface area contributed by atoms with Gasteiger partial charge in [0, 0.05) is 43.4 Å². The minimum Gasteiger partial charge on any atom is -0.345 e. The highest BCUT2D eigenvalue weighted by molar-refractivity contribution is 6.02. The van der Waals surface area contributed by atoms with E-state index < -0.39 is 5.91 Å². The van der Waals surface area contributed by atoms with Gasteiger partial charge in [-0.1, -0.05) is 18.2 Å². The van der Waals surface area contributed by atoms with Gasteiger partial charge in [-0.2, -0.15) is 5.10 Å². The lowest BCUT2D eigenvalue weighted by Gasteiger charge is -2.13. The van der Waals surface area contributed by atoms with Crippen molar-refractivity contribution in [2.45, 2.75) is 0 Å². The molecule has 0 aliphatic carbocycles. The smallest absolute Gasteiger partial charge is 0.294 e. The highest BCUT2D eigenvalue weighted by Gasteiger charge is 2.17. The van der Waals surface area contributed by atoms with Crippen molar-refractivity contribution in [3.8, 4) is 11.3 Å². The van der Waals surface area contributed by atoms with Gasteiger partial charge in [-0.15, -0.1) is 0 Å². The molecule has 146 valence electrons. The van der Waals surface area contributed by atoms with Crippen molar-refractivity contribution < 1.29 is 9.59 Å². The van der Waals surface area contributed by atoms with Crippen molar-refractivity contribution in [3.63, 3.8) is 0 Å². The number of nitrogens with one attached hydrogen (secondary N) is 2. The van der Waals surface area contributed by atoms with Crippen LogP contribution in [0.25, 0.3) is 22.3 Å². The van der Waals surface area contributed by atoms with Gasteiger partial charge in [0.15, 0.2) is 0 Å². The van der Waals surface area contributed by atoms with Crippen LogP contribution in [-0.4, -0.2) is 55.5 Å². The number of amides is 2. The Morgan fingerprint density at radius 1 is 1.14 bits per heavy atom. The molecule has 0 radical (unpaired) electrons. The Bertz CT molecular complexity index is 1220. The zero-order valence-corrected chi connectivity index (χ0v) is 16.2. The van der Waals surface area contributed by atoms with Crippen molar-refractivity contribution in [2.24, 2.45) is 7.05 Å². The summed E-state index contributed by atoms with van der Waals surface area (Å²) in [5.74, 6) is 0.0983. The highest BCUT2D eigenvalue weighted by atomic mass is 16.2. The molecule has 0 unspecified atom stereocenters. The van der Waals surface area contributed by atoms with Crippen LogP contribution in [0.1, 0.15) is 21.0 Å². The lowest BCUT2D eigenvalue weighted by atomic mass is 10.0. The normalized spacial score (nSPS) is 10.9. The maximum Gasteiger partial charge on any atom is 0.294 e. The van der Waals surface area contributed by atoms with Crippen LogP contribution in [0, 0.1) is 0 Å². The monoisotopic (exact) mass is 389 g/mol. The number of aryl methyl sites for hydroxylation is 1. The Labute approximate surface area is 166 Å². The summed E-state index contributed by atoms with van der Waals surface area (Å²) in [6.07, 6.45) is 1.31. The number of hydrogen-bond donors (Lipinski definition) is 2. The average Bonchev–Trinajstić information content (AvgIpc) is 3.33. The third-order valence-corrected chi connectivity index (χ3v) is 4.49. The standard InChI is InChI=1S/C20H19N7O2/c1-26(2)20(29)14-7-5-4-6-13(14)15-10-12-8-9-16(24-17(12)23-15)25-19(28)18-21-11-22-27(18)3/h4-11H,1-3H3,(H2,23,24,25,28). The summed E-state index contributed by atoms with van der Waals surface area (Å²) in [4.78, 5) is 38.0. The first-order valence-electron chi connectivity index (χ1n) is 8.90. The molecular formula is C20H19N7O2. The van der Waals surface area contributed by atoms with Crippen molar-refractivity contribution >= 4 is 28.7 Å². The van der Waals surface area contributed by atoms with E-state index in [1.807, 2.05) is 30.3 Å². The van der Waals surface area contributed by atoms with Gasteiger partial charge in [0.2, 0.25) is 5.82 Å². The third kappa shape index (κ3) is 3.45. The number of carbonyl (C=O) groups excluding carboxylic acids is 2. The molecule has 0 saturated heterocycles. The van der Waals surface area contributed by atoms with Crippen LogP contribution >= 0.6 is 0 Å². The Kier molecular flexibility index (Phi) is 4.55. The van der Waals surface area contributed by atoms with Crippen LogP contribution in [0.2, 0.25) is 0 Å². The van der Waals surface area contributed by atoms with Gasteiger partial charge >= 0.3 is 0 Å². The second-order valence-electron chi connectivity index (χ2n) is 6.72. The predicted molar refractivity (Wildman–Crippen MR) is 109 cm³/mol. The number of hydrogen-bond acceptors (Lipinski definition) is 5. The summed E-state index contributed by atoms with van der Waals surface area (Å²) in [6, 6.07) is 12.9. The van der Waals surface area contributed by atoms with Gasteiger partial charge in [0.25, 0.3) is 11.8 Å².